The quantitative estimate of drug-likeness (QED) is 0.262. The molecule has 0 aromatic heterocycles. The van der Waals surface area contributed by atoms with Crippen LogP contribution in [0.4, 0.5) is 0 Å². The van der Waals surface area contributed by atoms with Gasteiger partial charge in [0.2, 0.25) is 6.29 Å². The van der Waals surface area contributed by atoms with E-state index in [1.54, 1.807) is 27.7 Å². The first-order chi connectivity index (χ1) is 18.9. The van der Waals surface area contributed by atoms with E-state index in [4.69, 9.17) is 23.7 Å². The van der Waals surface area contributed by atoms with Gasteiger partial charge in [-0.3, -0.25) is 14.4 Å². The van der Waals surface area contributed by atoms with Crippen molar-refractivity contribution in [3.8, 4) is 0 Å². The first-order valence-corrected chi connectivity index (χ1v) is 13.9. The third kappa shape index (κ3) is 3.79. The fourth-order valence-corrected chi connectivity index (χ4v) is 9.11. The topological polar surface area (TPSA) is 175 Å². The van der Waals surface area contributed by atoms with Crippen LogP contribution in [0.3, 0.4) is 0 Å². The number of carbonyl (C=O) groups is 5. The summed E-state index contributed by atoms with van der Waals surface area (Å²) in [6.45, 7) is 9.72. The van der Waals surface area contributed by atoms with E-state index in [0.29, 0.717) is 12.8 Å². The van der Waals surface area contributed by atoms with E-state index in [-0.39, 0.29) is 24.2 Å². The first-order valence-electron chi connectivity index (χ1n) is 13.9. The molecular formula is C29H38O12. The largest absolute Gasteiger partial charge is 0.469 e. The van der Waals surface area contributed by atoms with Crippen LogP contribution in [0.1, 0.15) is 67.2 Å². The highest BCUT2D eigenvalue weighted by molar-refractivity contribution is 5.96. The highest BCUT2D eigenvalue weighted by Crippen LogP contribution is 2.77. The van der Waals surface area contributed by atoms with Gasteiger partial charge in [-0.05, 0) is 45.6 Å². The van der Waals surface area contributed by atoms with Gasteiger partial charge >= 0.3 is 23.9 Å². The van der Waals surface area contributed by atoms with Crippen molar-refractivity contribution in [3.05, 3.63) is 11.6 Å². The number of esters is 4. The molecule has 2 saturated heterocycles. The molecule has 3 heterocycles. The number of carbonyl (C=O) groups excluding carboxylic acids is 5. The van der Waals surface area contributed by atoms with E-state index >= 15 is 0 Å². The van der Waals surface area contributed by atoms with Gasteiger partial charge < -0.3 is 33.9 Å². The molecule has 2 aliphatic carbocycles. The molecule has 5 aliphatic rings. The molecule has 0 radical (unpaired) electrons. The van der Waals surface area contributed by atoms with Crippen LogP contribution in [0, 0.1) is 28.1 Å². The van der Waals surface area contributed by atoms with E-state index in [2.05, 4.69) is 0 Å². The summed E-state index contributed by atoms with van der Waals surface area (Å²) in [6, 6.07) is 0. The number of aliphatic hydroxyl groups excluding tert-OH is 1. The third-order valence-corrected chi connectivity index (χ3v) is 10.9. The Labute approximate surface area is 237 Å². The lowest BCUT2D eigenvalue weighted by Crippen LogP contribution is -2.74. The zero-order chi connectivity index (χ0) is 30.5. The van der Waals surface area contributed by atoms with Crippen molar-refractivity contribution >= 4 is 29.7 Å². The minimum absolute atomic E-state index is 0.0207. The molecule has 5 rings (SSSR count). The Balaban J connectivity index is 1.69. The second kappa shape index (κ2) is 9.08. The zero-order valence-electron chi connectivity index (χ0n) is 24.3. The van der Waals surface area contributed by atoms with Gasteiger partial charge in [-0.2, -0.15) is 0 Å². The Bertz CT molecular complexity index is 1250. The summed E-state index contributed by atoms with van der Waals surface area (Å²) in [5.41, 5.74) is -6.48. The molecule has 0 aromatic rings. The number of cyclic esters (lactones) is 2. The molecule has 12 heteroatoms. The van der Waals surface area contributed by atoms with Crippen LogP contribution in [0.5, 0.6) is 0 Å². The van der Waals surface area contributed by atoms with Crippen molar-refractivity contribution in [1.82, 2.24) is 0 Å². The molecule has 0 bridgehead atoms. The van der Waals surface area contributed by atoms with E-state index < -0.39 is 87.8 Å². The van der Waals surface area contributed by atoms with Gasteiger partial charge in [0.15, 0.2) is 6.10 Å². The zero-order valence-corrected chi connectivity index (χ0v) is 24.3. The molecule has 12 nitrogen and oxygen atoms in total. The highest BCUT2D eigenvalue weighted by atomic mass is 16.7. The van der Waals surface area contributed by atoms with Crippen LogP contribution in [-0.4, -0.2) is 82.8 Å². The van der Waals surface area contributed by atoms with Gasteiger partial charge in [0.05, 0.1) is 30.1 Å². The van der Waals surface area contributed by atoms with Gasteiger partial charge in [0, 0.05) is 30.1 Å². The predicted octanol–water partition coefficient (Wildman–Crippen LogP) is 1.13. The van der Waals surface area contributed by atoms with Crippen LogP contribution in [-0.2, 0) is 47.7 Å². The Morgan fingerprint density at radius 3 is 2.34 bits per heavy atom. The Hall–Kier alpha value is -2.83. The molecule has 0 amide bonds. The smallest absolute Gasteiger partial charge is 0.340 e. The number of epoxide rings is 1. The number of rotatable bonds is 6. The van der Waals surface area contributed by atoms with E-state index in [0.717, 1.165) is 0 Å². The lowest BCUT2D eigenvalue weighted by atomic mass is 9.36. The Morgan fingerprint density at radius 1 is 1.15 bits per heavy atom. The van der Waals surface area contributed by atoms with Crippen molar-refractivity contribution in [2.24, 2.45) is 28.1 Å². The molecule has 3 aliphatic heterocycles. The van der Waals surface area contributed by atoms with Crippen LogP contribution in [0.2, 0.25) is 0 Å². The number of methoxy groups -OCH3 is 1. The maximum absolute atomic E-state index is 14.4. The van der Waals surface area contributed by atoms with Crippen molar-refractivity contribution in [2.45, 2.75) is 103 Å². The SMILES string of the molecule is COC(=O)CC(OC(C)=O)C1(C)C(C(C)(C)O)CC(=O)C2(C)C1CCC1(C)C(C3=CC(O)OC3=O)OC(=O)C3OC312. The van der Waals surface area contributed by atoms with Gasteiger partial charge in [-0.15, -0.1) is 0 Å². The number of hydrogen-bond donors (Lipinski definition) is 2. The molecule has 2 saturated carbocycles. The first kappa shape index (κ1) is 29.7. The van der Waals surface area contributed by atoms with Crippen molar-refractivity contribution in [3.63, 3.8) is 0 Å². The molecule has 41 heavy (non-hydrogen) atoms. The Kier molecular flexibility index (Phi) is 6.57. The van der Waals surface area contributed by atoms with Crippen LogP contribution < -0.4 is 0 Å². The van der Waals surface area contributed by atoms with Crippen LogP contribution >= 0.6 is 0 Å². The summed E-state index contributed by atoms with van der Waals surface area (Å²) in [5.74, 6) is -4.47. The maximum Gasteiger partial charge on any atom is 0.340 e. The number of hydrogen-bond acceptors (Lipinski definition) is 12. The van der Waals surface area contributed by atoms with Crippen molar-refractivity contribution in [1.29, 1.82) is 0 Å². The average molecular weight is 579 g/mol. The van der Waals surface area contributed by atoms with Gasteiger partial charge in [0.1, 0.15) is 23.6 Å². The normalized spacial score (nSPS) is 43.9. The minimum atomic E-state index is -1.49. The minimum Gasteiger partial charge on any atom is -0.469 e. The summed E-state index contributed by atoms with van der Waals surface area (Å²) in [7, 11) is 1.22. The summed E-state index contributed by atoms with van der Waals surface area (Å²) in [4.78, 5) is 65.3. The molecule has 10 atom stereocenters. The van der Waals surface area contributed by atoms with Gasteiger partial charge in [0.25, 0.3) is 0 Å². The summed E-state index contributed by atoms with van der Waals surface area (Å²) >= 11 is 0. The van der Waals surface area contributed by atoms with Gasteiger partial charge in [-0.1, -0.05) is 13.8 Å². The lowest BCUT2D eigenvalue weighted by molar-refractivity contribution is -0.237. The number of Topliss-reactive ketones (excluding diaryl/α,β-unsaturated/α-hetero) is 1. The Morgan fingerprint density at radius 2 is 1.80 bits per heavy atom. The maximum atomic E-state index is 14.4. The van der Waals surface area contributed by atoms with Crippen molar-refractivity contribution in [2.75, 3.05) is 7.11 Å². The summed E-state index contributed by atoms with van der Waals surface area (Å²) in [6.07, 6.45) is -3.46. The third-order valence-electron chi connectivity index (χ3n) is 10.9. The molecule has 10 unspecified atom stereocenters. The number of ether oxygens (including phenoxy) is 5. The second-order valence-corrected chi connectivity index (χ2v) is 13.3. The average Bonchev–Trinajstić information content (AvgIpc) is 3.56. The van der Waals surface area contributed by atoms with Crippen LogP contribution in [0.15, 0.2) is 11.6 Å². The lowest BCUT2D eigenvalue weighted by Gasteiger charge is -2.66. The second-order valence-electron chi connectivity index (χ2n) is 13.3. The fraction of sp³-hybridized carbons (Fsp3) is 0.759. The summed E-state index contributed by atoms with van der Waals surface area (Å²) in [5, 5.41) is 21.3. The molecule has 1 spiro atoms. The van der Waals surface area contributed by atoms with E-state index in [1.807, 2.05) is 6.92 Å². The van der Waals surface area contributed by atoms with E-state index in [1.165, 1.54) is 20.1 Å². The number of ketones is 1. The summed E-state index contributed by atoms with van der Waals surface area (Å²) < 4.78 is 27.6. The van der Waals surface area contributed by atoms with Crippen LogP contribution in [0.25, 0.3) is 0 Å². The molecule has 2 N–H and O–H groups in total. The molecular weight excluding hydrogens is 540 g/mol. The molecule has 226 valence electrons. The number of fused-ring (bicyclic) bond motifs is 1. The predicted molar refractivity (Wildman–Crippen MR) is 136 cm³/mol. The standard InChI is InChI=1S/C29H38O12/c1-13(30)38-18(12-19(32)37-7)27(5)15-8-9-26(4)21(14-10-20(33)39-23(14)34)40-24(35)22-29(26,41-22)28(15,6)17(31)11-16(27)25(2,3)36/h10,15-16,18,20-22,33,36H,8-9,11-12H2,1-7H3. The number of aliphatic hydroxyl groups is 2. The highest BCUT2D eigenvalue weighted by Gasteiger charge is 2.89. The van der Waals surface area contributed by atoms with E-state index in [9.17, 15) is 34.2 Å². The monoisotopic (exact) mass is 578 g/mol. The van der Waals surface area contributed by atoms with Crippen molar-refractivity contribution < 1.29 is 57.9 Å². The van der Waals surface area contributed by atoms with Gasteiger partial charge in [-0.25, -0.2) is 9.59 Å². The molecule has 0 aromatic carbocycles. The fourth-order valence-electron chi connectivity index (χ4n) is 9.11. The molecule has 4 fully saturated rings.